The average molecular weight is 231 g/mol. The molecule has 0 bridgehead atoms. The molecule has 1 aromatic rings. The molecule has 84 valence electrons. The van der Waals surface area contributed by atoms with Crippen molar-refractivity contribution in [3.05, 3.63) is 29.3 Å². The molecule has 0 amide bonds. The summed E-state index contributed by atoms with van der Waals surface area (Å²) in [4.78, 5) is 0. The second-order valence-electron chi connectivity index (χ2n) is 2.77. The van der Waals surface area contributed by atoms with Gasteiger partial charge in [-0.15, -0.1) is 0 Å². The fourth-order valence-corrected chi connectivity index (χ4v) is 0.996. The molecule has 0 fully saturated rings. The number of halogens is 7. The average Bonchev–Trinajstić information content (AvgIpc) is 2.06. The molecular weight excluding hydrogens is 228 g/mol. The zero-order chi connectivity index (χ0) is 11.8. The van der Waals surface area contributed by atoms with Gasteiger partial charge in [0.25, 0.3) is 6.43 Å². The van der Waals surface area contributed by atoms with Gasteiger partial charge in [0.15, 0.2) is 0 Å². The summed E-state index contributed by atoms with van der Waals surface area (Å²) in [5.74, 6) is -3.65. The van der Waals surface area contributed by atoms with Gasteiger partial charge >= 0.3 is 6.98 Å². The van der Waals surface area contributed by atoms with Crippen LogP contribution in [0.1, 0.15) is 12.0 Å². The zero-order valence-corrected chi connectivity index (χ0v) is 6.96. The van der Waals surface area contributed by atoms with Gasteiger partial charge in [-0.05, 0) is 12.1 Å². The molecule has 0 heterocycles. The maximum atomic E-state index is 12.7. The molecule has 0 aliphatic carbocycles. The Balaban J connectivity index is 3.32. The highest BCUT2D eigenvalue weighted by molar-refractivity contribution is 6.73. The lowest BCUT2D eigenvalue weighted by Crippen LogP contribution is -2.37. The smallest absolute Gasteiger partial charge is 0.445 e. The lowest BCUT2D eigenvalue weighted by molar-refractivity contribution is 0.146. The Bertz CT molecular complexity index is 370. The summed E-state index contributed by atoms with van der Waals surface area (Å²) < 4.78 is 85.4. The van der Waals surface area contributed by atoms with Crippen molar-refractivity contribution in [3.63, 3.8) is 0 Å². The predicted octanol–water partition coefficient (Wildman–Crippen LogP) is 2.96. The third-order valence-corrected chi connectivity index (χ3v) is 1.70. The summed E-state index contributed by atoms with van der Waals surface area (Å²) in [5, 5.41) is 0. The maximum Gasteiger partial charge on any atom is 0.512 e. The van der Waals surface area contributed by atoms with E-state index in [2.05, 4.69) is 0 Å². The lowest BCUT2D eigenvalue weighted by Gasteiger charge is -2.16. The molecule has 0 spiro atoms. The van der Waals surface area contributed by atoms with E-state index in [1.54, 1.807) is 0 Å². The lowest BCUT2D eigenvalue weighted by atomic mass is 9.79. The molecule has 0 atom stereocenters. The van der Waals surface area contributed by atoms with Gasteiger partial charge in [0.2, 0.25) is 0 Å². The minimum absolute atomic E-state index is 0.134. The van der Waals surface area contributed by atoms with Gasteiger partial charge in [-0.3, -0.25) is 0 Å². The number of alkyl halides is 2. The number of hydrogen-bond acceptors (Lipinski definition) is 0. The van der Waals surface area contributed by atoms with Gasteiger partial charge in [-0.1, -0.05) is 5.46 Å². The molecule has 0 aromatic heterocycles. The topological polar surface area (TPSA) is 0 Å². The number of benzene rings is 1. The van der Waals surface area contributed by atoms with E-state index in [1.165, 1.54) is 0 Å². The summed E-state index contributed by atoms with van der Waals surface area (Å²) in [5.41, 5.74) is -3.21. The monoisotopic (exact) mass is 231 g/mol. The minimum Gasteiger partial charge on any atom is -0.445 e. The minimum atomic E-state index is -5.75. The van der Waals surface area contributed by atoms with Crippen LogP contribution in [0.3, 0.4) is 0 Å². The van der Waals surface area contributed by atoms with Crippen molar-refractivity contribution in [2.24, 2.45) is 0 Å². The van der Waals surface area contributed by atoms with E-state index >= 15 is 0 Å². The summed E-state index contributed by atoms with van der Waals surface area (Å²) >= 11 is 0. The molecular formula is C7H3BF7-. The van der Waals surface area contributed by atoms with Crippen molar-refractivity contribution in [1.82, 2.24) is 0 Å². The molecule has 0 unspecified atom stereocenters. The van der Waals surface area contributed by atoms with Gasteiger partial charge in [0.05, 0.1) is 11.4 Å². The van der Waals surface area contributed by atoms with E-state index in [-0.39, 0.29) is 12.1 Å². The number of hydrogen-bond donors (Lipinski definition) is 0. The normalized spacial score (nSPS) is 12.3. The molecule has 0 saturated heterocycles. The second kappa shape index (κ2) is 3.75. The highest BCUT2D eigenvalue weighted by Crippen LogP contribution is 2.23. The van der Waals surface area contributed by atoms with Gasteiger partial charge in [-0.2, -0.15) is 0 Å². The van der Waals surface area contributed by atoms with Crippen LogP contribution in [-0.4, -0.2) is 6.98 Å². The first kappa shape index (κ1) is 11.9. The van der Waals surface area contributed by atoms with Gasteiger partial charge in [0, 0.05) is 0 Å². The summed E-state index contributed by atoms with van der Waals surface area (Å²) in [7, 11) is 0. The van der Waals surface area contributed by atoms with Crippen molar-refractivity contribution in [2.45, 2.75) is 6.43 Å². The van der Waals surface area contributed by atoms with Gasteiger partial charge < -0.3 is 12.9 Å². The van der Waals surface area contributed by atoms with Crippen LogP contribution < -0.4 is 5.46 Å². The fourth-order valence-electron chi connectivity index (χ4n) is 0.996. The second-order valence-corrected chi connectivity index (χ2v) is 2.77. The Morgan fingerprint density at radius 2 is 1.47 bits per heavy atom. The van der Waals surface area contributed by atoms with E-state index < -0.39 is 36.1 Å². The van der Waals surface area contributed by atoms with E-state index in [0.717, 1.165) is 0 Å². The molecule has 0 aliphatic heterocycles. The van der Waals surface area contributed by atoms with Crippen molar-refractivity contribution >= 4 is 12.4 Å². The van der Waals surface area contributed by atoms with Crippen molar-refractivity contribution < 1.29 is 30.5 Å². The molecule has 0 N–H and O–H groups in total. The highest BCUT2D eigenvalue weighted by atomic mass is 19.4. The van der Waals surface area contributed by atoms with Crippen LogP contribution >= 0.6 is 0 Å². The van der Waals surface area contributed by atoms with Crippen LogP contribution in [0.2, 0.25) is 0 Å². The Labute approximate surface area is 79.8 Å². The Hall–Kier alpha value is -1.21. The third kappa shape index (κ3) is 2.43. The van der Waals surface area contributed by atoms with Crippen molar-refractivity contribution in [1.29, 1.82) is 0 Å². The van der Waals surface area contributed by atoms with Gasteiger partial charge in [-0.25, -0.2) is 17.6 Å². The standard InChI is InChI=1S/C7H3BF7/c9-5-2-4(8(13,14)15)6(10)1-3(5)7(11)12/h1-2,7H/q-1. The van der Waals surface area contributed by atoms with Crippen molar-refractivity contribution in [3.8, 4) is 0 Å². The fraction of sp³-hybridized carbons (Fsp3) is 0.143. The van der Waals surface area contributed by atoms with E-state index in [4.69, 9.17) is 0 Å². The van der Waals surface area contributed by atoms with Crippen LogP contribution in [0.4, 0.5) is 30.5 Å². The van der Waals surface area contributed by atoms with Crippen LogP contribution in [0, 0.1) is 11.6 Å². The SMILES string of the molecule is Fc1cc([B-](F)(F)F)c(F)cc1C(F)F. The first-order valence-electron chi connectivity index (χ1n) is 3.70. The first-order chi connectivity index (χ1) is 6.73. The van der Waals surface area contributed by atoms with Crippen LogP contribution in [0.5, 0.6) is 0 Å². The van der Waals surface area contributed by atoms with Crippen molar-refractivity contribution in [2.75, 3.05) is 0 Å². The summed E-state index contributed by atoms with van der Waals surface area (Å²) in [6, 6.07) is -0.388. The number of rotatable bonds is 2. The predicted molar refractivity (Wildman–Crippen MR) is 40.0 cm³/mol. The van der Waals surface area contributed by atoms with Crippen LogP contribution in [-0.2, 0) is 0 Å². The zero-order valence-electron chi connectivity index (χ0n) is 6.96. The molecule has 0 aliphatic rings. The highest BCUT2D eigenvalue weighted by Gasteiger charge is 2.31. The molecule has 1 aromatic carbocycles. The Kier molecular flexibility index (Phi) is 2.96. The third-order valence-electron chi connectivity index (χ3n) is 1.70. The van der Waals surface area contributed by atoms with Gasteiger partial charge in [0.1, 0.15) is 5.82 Å². The summed E-state index contributed by atoms with van der Waals surface area (Å²) in [6.07, 6.45) is -3.35. The van der Waals surface area contributed by atoms with E-state index in [1.807, 2.05) is 0 Å². The largest absolute Gasteiger partial charge is 0.512 e. The Morgan fingerprint density at radius 3 is 1.87 bits per heavy atom. The molecule has 0 radical (unpaired) electrons. The van der Waals surface area contributed by atoms with E-state index in [9.17, 15) is 30.5 Å². The van der Waals surface area contributed by atoms with Crippen LogP contribution in [0.25, 0.3) is 0 Å². The first-order valence-corrected chi connectivity index (χ1v) is 3.70. The molecule has 8 heteroatoms. The summed E-state index contributed by atoms with van der Waals surface area (Å²) in [6.45, 7) is -5.75. The molecule has 1 rings (SSSR count). The molecule has 0 nitrogen and oxygen atoms in total. The van der Waals surface area contributed by atoms with E-state index in [0.29, 0.717) is 0 Å². The Morgan fingerprint density at radius 1 is 0.933 bits per heavy atom. The molecule has 0 saturated carbocycles. The van der Waals surface area contributed by atoms with Crippen LogP contribution in [0.15, 0.2) is 12.1 Å². The quantitative estimate of drug-likeness (QED) is 0.542. The maximum absolute atomic E-state index is 12.7. The molecule has 15 heavy (non-hydrogen) atoms.